The van der Waals surface area contributed by atoms with Crippen LogP contribution in [0, 0.1) is 13.8 Å². The van der Waals surface area contributed by atoms with Gasteiger partial charge in [-0.15, -0.1) is 0 Å². The second kappa shape index (κ2) is 6.89. The van der Waals surface area contributed by atoms with Gasteiger partial charge in [0.1, 0.15) is 0 Å². The average Bonchev–Trinajstić information content (AvgIpc) is 2.90. The zero-order valence-electron chi connectivity index (χ0n) is 12.8. The third kappa shape index (κ3) is 4.07. The van der Waals surface area contributed by atoms with Crippen LogP contribution in [-0.4, -0.2) is 30.6 Å². The molecule has 3 heteroatoms. The third-order valence-corrected chi connectivity index (χ3v) is 4.07. The van der Waals surface area contributed by atoms with E-state index in [1.54, 1.807) is 0 Å². The van der Waals surface area contributed by atoms with E-state index in [4.69, 9.17) is 4.74 Å². The number of hydrogen-bond acceptors (Lipinski definition) is 3. The van der Waals surface area contributed by atoms with Crippen LogP contribution < -0.4 is 0 Å². The van der Waals surface area contributed by atoms with E-state index in [1.807, 2.05) is 0 Å². The molecule has 0 saturated heterocycles. The van der Waals surface area contributed by atoms with Crippen molar-refractivity contribution in [3.05, 3.63) is 34.9 Å². The summed E-state index contributed by atoms with van der Waals surface area (Å²) in [5, 5.41) is 0. The number of ether oxygens (including phenoxy) is 1. The van der Waals surface area contributed by atoms with Gasteiger partial charge in [-0.25, -0.2) is 0 Å². The van der Waals surface area contributed by atoms with Gasteiger partial charge in [-0.05, 0) is 32.3 Å². The van der Waals surface area contributed by atoms with Crippen molar-refractivity contribution >= 4 is 5.97 Å². The number of hydrogen-bond donors (Lipinski definition) is 0. The first-order chi connectivity index (χ1) is 9.58. The van der Waals surface area contributed by atoms with E-state index in [0.29, 0.717) is 12.6 Å². The Labute approximate surface area is 121 Å². The molecule has 0 atom stereocenters. The first kappa shape index (κ1) is 15.0. The second-order valence-corrected chi connectivity index (χ2v) is 5.92. The highest BCUT2D eigenvalue weighted by Crippen LogP contribution is 2.25. The number of carbonyl (C=O) groups is 1. The van der Waals surface area contributed by atoms with Crippen LogP contribution in [0.25, 0.3) is 0 Å². The SMILES string of the molecule is COC(=O)CN(Cc1cc(C)cc(C)c1)C1CCCC1. The third-order valence-electron chi connectivity index (χ3n) is 4.07. The maximum absolute atomic E-state index is 11.6. The van der Waals surface area contributed by atoms with Crippen molar-refractivity contribution in [1.29, 1.82) is 0 Å². The van der Waals surface area contributed by atoms with Crippen molar-refractivity contribution in [3.63, 3.8) is 0 Å². The van der Waals surface area contributed by atoms with Gasteiger partial charge in [-0.1, -0.05) is 42.2 Å². The lowest BCUT2D eigenvalue weighted by Crippen LogP contribution is -2.37. The fraction of sp³-hybridized carbons (Fsp3) is 0.588. The Bertz CT molecular complexity index is 444. The smallest absolute Gasteiger partial charge is 0.319 e. The van der Waals surface area contributed by atoms with Gasteiger partial charge < -0.3 is 4.74 Å². The van der Waals surface area contributed by atoms with Crippen LogP contribution in [-0.2, 0) is 16.1 Å². The lowest BCUT2D eigenvalue weighted by molar-refractivity contribution is -0.142. The summed E-state index contributed by atoms with van der Waals surface area (Å²) in [5.74, 6) is -0.138. The summed E-state index contributed by atoms with van der Waals surface area (Å²) in [6.07, 6.45) is 4.94. The van der Waals surface area contributed by atoms with Crippen LogP contribution in [0.4, 0.5) is 0 Å². The summed E-state index contributed by atoms with van der Waals surface area (Å²) in [7, 11) is 1.46. The Kier molecular flexibility index (Phi) is 5.18. The lowest BCUT2D eigenvalue weighted by Gasteiger charge is -2.28. The van der Waals surface area contributed by atoms with Crippen molar-refractivity contribution in [1.82, 2.24) is 4.90 Å². The molecule has 0 aromatic heterocycles. The second-order valence-electron chi connectivity index (χ2n) is 5.92. The van der Waals surface area contributed by atoms with E-state index in [-0.39, 0.29) is 5.97 Å². The van der Waals surface area contributed by atoms with Gasteiger partial charge in [0.05, 0.1) is 13.7 Å². The highest BCUT2D eigenvalue weighted by molar-refractivity contribution is 5.71. The van der Waals surface area contributed by atoms with E-state index in [0.717, 1.165) is 6.54 Å². The van der Waals surface area contributed by atoms with Gasteiger partial charge in [0.2, 0.25) is 0 Å². The van der Waals surface area contributed by atoms with Crippen LogP contribution in [0.5, 0.6) is 0 Å². The van der Waals surface area contributed by atoms with E-state index in [2.05, 4.69) is 36.9 Å². The molecule has 0 unspecified atom stereocenters. The number of nitrogens with zero attached hydrogens (tertiary/aromatic N) is 1. The maximum atomic E-state index is 11.6. The largest absolute Gasteiger partial charge is 0.468 e. The predicted molar refractivity (Wildman–Crippen MR) is 80.6 cm³/mol. The molecular weight excluding hydrogens is 250 g/mol. The van der Waals surface area contributed by atoms with Crippen molar-refractivity contribution in [2.24, 2.45) is 0 Å². The van der Waals surface area contributed by atoms with Gasteiger partial charge >= 0.3 is 5.97 Å². The van der Waals surface area contributed by atoms with E-state index in [9.17, 15) is 4.79 Å². The molecule has 3 nitrogen and oxygen atoms in total. The summed E-state index contributed by atoms with van der Waals surface area (Å²) in [5.41, 5.74) is 3.85. The Morgan fingerprint density at radius 1 is 1.20 bits per heavy atom. The zero-order chi connectivity index (χ0) is 14.5. The van der Waals surface area contributed by atoms with Gasteiger partial charge in [0, 0.05) is 12.6 Å². The van der Waals surface area contributed by atoms with Crippen LogP contribution in [0.15, 0.2) is 18.2 Å². The van der Waals surface area contributed by atoms with Gasteiger partial charge in [-0.2, -0.15) is 0 Å². The quantitative estimate of drug-likeness (QED) is 0.773. The Hall–Kier alpha value is -1.35. The normalized spacial score (nSPS) is 15.8. The first-order valence-corrected chi connectivity index (χ1v) is 7.46. The standard InChI is InChI=1S/C17H25NO2/c1-13-8-14(2)10-15(9-13)11-18(12-17(19)20-3)16-6-4-5-7-16/h8-10,16H,4-7,11-12H2,1-3H3. The van der Waals surface area contributed by atoms with Gasteiger partial charge in [0.15, 0.2) is 0 Å². The first-order valence-electron chi connectivity index (χ1n) is 7.46. The number of carbonyl (C=O) groups excluding carboxylic acids is 1. The molecule has 1 fully saturated rings. The topological polar surface area (TPSA) is 29.5 Å². The lowest BCUT2D eigenvalue weighted by atomic mass is 10.1. The number of esters is 1. The van der Waals surface area contributed by atoms with Crippen LogP contribution in [0.2, 0.25) is 0 Å². The monoisotopic (exact) mass is 275 g/mol. The molecule has 0 spiro atoms. The molecular formula is C17H25NO2. The van der Waals surface area contributed by atoms with Gasteiger partial charge in [-0.3, -0.25) is 9.69 Å². The number of rotatable bonds is 5. The van der Waals surface area contributed by atoms with Crippen molar-refractivity contribution in [3.8, 4) is 0 Å². The molecule has 1 aromatic carbocycles. The minimum Gasteiger partial charge on any atom is -0.468 e. The highest BCUT2D eigenvalue weighted by Gasteiger charge is 2.24. The van der Waals surface area contributed by atoms with Gasteiger partial charge in [0.25, 0.3) is 0 Å². The molecule has 1 saturated carbocycles. The molecule has 0 bridgehead atoms. The molecule has 110 valence electrons. The summed E-state index contributed by atoms with van der Waals surface area (Å²) < 4.78 is 4.84. The zero-order valence-corrected chi connectivity index (χ0v) is 12.8. The van der Waals surface area contributed by atoms with Crippen molar-refractivity contribution < 1.29 is 9.53 Å². The molecule has 0 N–H and O–H groups in total. The Morgan fingerprint density at radius 2 is 1.80 bits per heavy atom. The fourth-order valence-corrected chi connectivity index (χ4v) is 3.21. The van der Waals surface area contributed by atoms with Crippen molar-refractivity contribution in [2.45, 2.75) is 52.1 Å². The Morgan fingerprint density at radius 3 is 2.35 bits per heavy atom. The number of aryl methyl sites for hydroxylation is 2. The Balaban J connectivity index is 2.11. The molecule has 0 radical (unpaired) electrons. The van der Waals surface area contributed by atoms with E-state index >= 15 is 0 Å². The van der Waals surface area contributed by atoms with Crippen LogP contribution in [0.1, 0.15) is 42.4 Å². The predicted octanol–water partition coefficient (Wildman–Crippen LogP) is 3.22. The highest BCUT2D eigenvalue weighted by atomic mass is 16.5. The molecule has 1 aliphatic carbocycles. The maximum Gasteiger partial charge on any atom is 0.319 e. The molecule has 1 aliphatic rings. The summed E-state index contributed by atoms with van der Waals surface area (Å²) >= 11 is 0. The molecule has 0 heterocycles. The number of benzene rings is 1. The minimum absolute atomic E-state index is 0.138. The summed E-state index contributed by atoms with van der Waals surface area (Å²) in [6, 6.07) is 7.14. The molecule has 1 aromatic rings. The molecule has 2 rings (SSSR count). The fourth-order valence-electron chi connectivity index (χ4n) is 3.21. The number of methoxy groups -OCH3 is 1. The molecule has 0 amide bonds. The minimum atomic E-state index is -0.138. The van der Waals surface area contributed by atoms with E-state index in [1.165, 1.54) is 49.5 Å². The molecule has 20 heavy (non-hydrogen) atoms. The summed E-state index contributed by atoms with van der Waals surface area (Å²) in [6.45, 7) is 5.48. The summed E-state index contributed by atoms with van der Waals surface area (Å²) in [4.78, 5) is 13.9. The molecule has 0 aliphatic heterocycles. The van der Waals surface area contributed by atoms with Crippen LogP contribution >= 0.6 is 0 Å². The van der Waals surface area contributed by atoms with Crippen LogP contribution in [0.3, 0.4) is 0 Å². The average molecular weight is 275 g/mol. The van der Waals surface area contributed by atoms with Crippen molar-refractivity contribution in [2.75, 3.05) is 13.7 Å². The van der Waals surface area contributed by atoms with E-state index < -0.39 is 0 Å².